The summed E-state index contributed by atoms with van der Waals surface area (Å²) in [7, 11) is 0. The minimum Gasteiger partial charge on any atom is -0.999 e. The van der Waals surface area contributed by atoms with Crippen LogP contribution in [0.3, 0.4) is 0 Å². The van der Waals surface area contributed by atoms with Crippen LogP contribution in [0.1, 0.15) is 5.56 Å². The van der Waals surface area contributed by atoms with E-state index in [0.29, 0.717) is 0 Å². The number of carbonyl (C=O) groups is 1. The number of hydrogen-bond acceptors (Lipinski definition) is 2. The molecule has 2 aromatic rings. The van der Waals surface area contributed by atoms with Crippen LogP contribution in [0.2, 0.25) is 0 Å². The fourth-order valence-corrected chi connectivity index (χ4v) is 0.817. The molecule has 0 saturated carbocycles. The Balaban J connectivity index is 0.000000360. The summed E-state index contributed by atoms with van der Waals surface area (Å²) in [4.78, 5) is 9.90. The van der Waals surface area contributed by atoms with Crippen LogP contribution in [0, 0.1) is 24.3 Å². The fraction of sp³-hybridized carbons (Fsp3) is 0. The Labute approximate surface area is 110 Å². The zero-order valence-electron chi connectivity index (χ0n) is 8.62. The molecule has 17 heavy (non-hydrogen) atoms. The van der Waals surface area contributed by atoms with Crippen molar-refractivity contribution in [3.63, 3.8) is 0 Å². The predicted octanol–water partition coefficient (Wildman–Crippen LogP) is 1.61. The molecule has 0 aliphatic heterocycles. The molecule has 0 atom stereocenters. The second kappa shape index (κ2) is 9.39. The van der Waals surface area contributed by atoms with E-state index < -0.39 is 6.09 Å². The number of hydrazone groups is 1. The van der Waals surface area contributed by atoms with Crippen LogP contribution in [0.25, 0.3) is 0 Å². The maximum absolute atomic E-state index is 9.90. The first-order valence-corrected chi connectivity index (χ1v) is 4.35. The standard InChI is InChI=1S/C7H7N2O2.C5H.Fe/c10-7(11)9-8-5-6-3-1-2-4-6;1-2-4-5-3-1;/h1-5,9H,(H,10,11);1H;/q-1;-5;. The summed E-state index contributed by atoms with van der Waals surface area (Å²) in [5, 5.41) is 11.6. The zero-order valence-corrected chi connectivity index (χ0v) is 9.72. The van der Waals surface area contributed by atoms with Crippen molar-refractivity contribution in [2.24, 2.45) is 5.10 Å². The molecule has 0 aliphatic rings. The van der Waals surface area contributed by atoms with E-state index in [0.717, 1.165) is 5.56 Å². The summed E-state index contributed by atoms with van der Waals surface area (Å²) in [6.07, 6.45) is 0.279. The van der Waals surface area contributed by atoms with Crippen molar-refractivity contribution in [1.82, 2.24) is 5.43 Å². The van der Waals surface area contributed by atoms with E-state index in [1.54, 1.807) is 6.07 Å². The average molecular weight is 268 g/mol. The number of rotatable bonds is 2. The summed E-state index contributed by atoms with van der Waals surface area (Å²) in [5.41, 5.74) is 2.74. The number of hydrogen-bond donors (Lipinski definition) is 2. The van der Waals surface area contributed by atoms with E-state index in [1.807, 2.05) is 29.7 Å². The molecule has 1 amide bonds. The van der Waals surface area contributed by atoms with Gasteiger partial charge in [-0.05, 0) is 6.21 Å². The normalized spacial score (nSPS) is 8.94. The van der Waals surface area contributed by atoms with Crippen molar-refractivity contribution >= 4 is 12.3 Å². The Kier molecular flexibility index (Phi) is 8.37. The van der Waals surface area contributed by atoms with Crippen LogP contribution in [0.15, 0.2) is 35.4 Å². The molecule has 0 aromatic heterocycles. The van der Waals surface area contributed by atoms with Crippen molar-refractivity contribution < 1.29 is 27.0 Å². The van der Waals surface area contributed by atoms with Gasteiger partial charge in [-0.3, -0.25) is 0 Å². The van der Waals surface area contributed by atoms with Crippen LogP contribution < -0.4 is 5.43 Å². The molecule has 0 heterocycles. The topological polar surface area (TPSA) is 61.7 Å². The maximum Gasteiger partial charge on any atom is 0.425 e. The molecule has 0 spiro atoms. The van der Waals surface area contributed by atoms with E-state index in [1.165, 1.54) is 6.21 Å². The zero-order chi connectivity index (χ0) is 11.6. The third-order valence-corrected chi connectivity index (χ3v) is 1.41. The summed E-state index contributed by atoms with van der Waals surface area (Å²) in [6, 6.07) is 19.4. The Bertz CT molecular complexity index is 390. The minimum absolute atomic E-state index is 0. The predicted molar refractivity (Wildman–Crippen MR) is 58.2 cm³/mol. The Hall–Kier alpha value is -1.84. The second-order valence-electron chi connectivity index (χ2n) is 2.58. The van der Waals surface area contributed by atoms with Gasteiger partial charge in [-0.2, -0.15) is 17.2 Å². The molecule has 0 aliphatic carbocycles. The van der Waals surface area contributed by atoms with E-state index >= 15 is 0 Å². The van der Waals surface area contributed by atoms with Crippen molar-refractivity contribution in [1.29, 1.82) is 0 Å². The molecule has 5 heteroatoms. The molecule has 2 aromatic carbocycles. The summed E-state index contributed by atoms with van der Waals surface area (Å²) in [5.74, 6) is 0. The van der Waals surface area contributed by atoms with Gasteiger partial charge in [0.2, 0.25) is 0 Å². The molecule has 0 bridgehead atoms. The smallest absolute Gasteiger partial charge is 0.425 e. The minimum atomic E-state index is -1.16. The second-order valence-corrected chi connectivity index (χ2v) is 2.58. The van der Waals surface area contributed by atoms with Gasteiger partial charge in [-0.1, -0.05) is 0 Å². The van der Waals surface area contributed by atoms with E-state index in [4.69, 9.17) is 5.11 Å². The Morgan fingerprint density at radius 1 is 1.35 bits per heavy atom. The van der Waals surface area contributed by atoms with Crippen LogP contribution >= 0.6 is 0 Å². The van der Waals surface area contributed by atoms with Gasteiger partial charge in [0.1, 0.15) is 0 Å². The number of nitrogens with one attached hydrogen (secondary N) is 1. The maximum atomic E-state index is 9.90. The first-order chi connectivity index (χ1) is 7.79. The monoisotopic (exact) mass is 268 g/mol. The van der Waals surface area contributed by atoms with E-state index in [2.05, 4.69) is 29.4 Å². The van der Waals surface area contributed by atoms with Gasteiger partial charge in [0.05, 0.1) is 0 Å². The van der Waals surface area contributed by atoms with Gasteiger partial charge < -0.3 is 35.4 Å². The summed E-state index contributed by atoms with van der Waals surface area (Å²) >= 11 is 0. The van der Waals surface area contributed by atoms with Gasteiger partial charge in [0, 0.05) is 17.1 Å². The van der Waals surface area contributed by atoms with Gasteiger partial charge in [0.15, 0.2) is 0 Å². The number of nitrogens with zero attached hydrogens (tertiary/aromatic N) is 1. The quantitative estimate of drug-likeness (QED) is 0.376. The van der Waals surface area contributed by atoms with Gasteiger partial charge in [-0.15, -0.1) is 5.56 Å². The molecule has 92 valence electrons. The molecule has 2 N–H and O–H groups in total. The fourth-order valence-electron chi connectivity index (χ4n) is 0.817. The molecular formula is C12H8FeN2O2-6. The molecule has 0 unspecified atom stereocenters. The Morgan fingerprint density at radius 3 is 2.35 bits per heavy atom. The van der Waals surface area contributed by atoms with Gasteiger partial charge >= 0.3 is 6.09 Å². The van der Waals surface area contributed by atoms with E-state index in [9.17, 15) is 4.79 Å². The van der Waals surface area contributed by atoms with Crippen LogP contribution in [0.5, 0.6) is 0 Å². The van der Waals surface area contributed by atoms with Crippen LogP contribution in [-0.2, 0) is 17.1 Å². The van der Waals surface area contributed by atoms with Gasteiger partial charge in [0.25, 0.3) is 0 Å². The third kappa shape index (κ3) is 8.02. The van der Waals surface area contributed by atoms with Crippen molar-refractivity contribution in [2.45, 2.75) is 0 Å². The summed E-state index contributed by atoms with van der Waals surface area (Å²) < 4.78 is 0. The average Bonchev–Trinajstić information content (AvgIpc) is 2.93. The number of amides is 1. The summed E-state index contributed by atoms with van der Waals surface area (Å²) in [6.45, 7) is 0. The number of carboxylic acid groups (broad SMARTS) is 1. The SMILES string of the molecule is O=C(O)NN=C[c-]1cccc1.[Fe].[c-]1[c-][c-][cH-][c-]1. The van der Waals surface area contributed by atoms with Crippen molar-refractivity contribution in [2.75, 3.05) is 0 Å². The van der Waals surface area contributed by atoms with E-state index in [-0.39, 0.29) is 17.1 Å². The molecule has 0 saturated heterocycles. The molecule has 0 radical (unpaired) electrons. The van der Waals surface area contributed by atoms with Crippen LogP contribution in [-0.4, -0.2) is 17.4 Å². The third-order valence-electron chi connectivity index (χ3n) is 1.41. The molecular weight excluding hydrogens is 260 g/mol. The van der Waals surface area contributed by atoms with Crippen molar-refractivity contribution in [3.8, 4) is 0 Å². The first kappa shape index (κ1) is 15.2. The first-order valence-electron chi connectivity index (χ1n) is 4.35. The largest absolute Gasteiger partial charge is 0.999 e. The molecule has 0 fully saturated rings. The molecule has 4 nitrogen and oxygen atoms in total. The van der Waals surface area contributed by atoms with Crippen LogP contribution in [0.4, 0.5) is 4.79 Å². The van der Waals surface area contributed by atoms with Gasteiger partial charge in [-0.25, -0.2) is 22.4 Å². The van der Waals surface area contributed by atoms with Crippen molar-refractivity contribution in [3.05, 3.63) is 60.2 Å². The molecule has 2 rings (SSSR count). The Morgan fingerprint density at radius 2 is 1.94 bits per heavy atom.